The molecule has 1 N–H and O–H groups in total. The lowest BCUT2D eigenvalue weighted by molar-refractivity contribution is -0.131. The van der Waals surface area contributed by atoms with Gasteiger partial charge in [-0.05, 0) is 38.0 Å². The molecule has 2 heterocycles. The molecule has 27 heavy (non-hydrogen) atoms. The maximum atomic E-state index is 13.0. The molecule has 1 aromatic rings. The molecular weight excluding hydrogens is 384 g/mol. The number of rotatable bonds is 4. The Bertz CT molecular complexity index is 815. The van der Waals surface area contributed by atoms with Gasteiger partial charge in [0.1, 0.15) is 0 Å². The first-order chi connectivity index (χ1) is 12.9. The Kier molecular flexibility index (Phi) is 6.47. The number of benzene rings is 1. The molecule has 1 saturated heterocycles. The number of thioether (sulfide) groups is 1. The first-order valence-corrected chi connectivity index (χ1v) is 12.0. The maximum Gasteiger partial charge on any atom is 0.225 e. The number of nitrogens with zero attached hydrogens (tertiary/aromatic N) is 1. The van der Waals surface area contributed by atoms with E-state index in [-0.39, 0.29) is 23.1 Å². The Morgan fingerprint density at radius 1 is 1.22 bits per heavy atom. The van der Waals surface area contributed by atoms with Crippen LogP contribution in [0.15, 0.2) is 28.0 Å². The highest BCUT2D eigenvalue weighted by Gasteiger charge is 2.29. The smallest absolute Gasteiger partial charge is 0.225 e. The molecule has 0 saturated carbocycles. The van der Waals surface area contributed by atoms with Crippen LogP contribution in [0.1, 0.15) is 45.4 Å². The molecule has 0 radical (unpaired) electrons. The summed E-state index contributed by atoms with van der Waals surface area (Å²) in [5.74, 6) is 0.470. The third-order valence-corrected chi connectivity index (χ3v) is 8.30. The molecule has 6 nitrogen and oxygen atoms in total. The maximum absolute atomic E-state index is 13.0. The third kappa shape index (κ3) is 4.85. The van der Waals surface area contributed by atoms with Gasteiger partial charge in [0.25, 0.3) is 0 Å². The van der Waals surface area contributed by atoms with E-state index >= 15 is 0 Å². The second kappa shape index (κ2) is 8.65. The number of hydrogen-bond donors (Lipinski definition) is 1. The molecule has 0 bridgehead atoms. The number of anilines is 1. The summed E-state index contributed by atoms with van der Waals surface area (Å²) in [7, 11) is -3.65. The SMILES string of the molecule is CC(CC(=O)N1CCCCCC1)S(=O)(=O)c1ccc2c(c1)NC(=O)CCS2. The highest BCUT2D eigenvalue weighted by molar-refractivity contribution is 7.99. The van der Waals surface area contributed by atoms with Crippen LogP contribution in [0.2, 0.25) is 0 Å². The number of nitrogens with one attached hydrogen (secondary N) is 1. The van der Waals surface area contributed by atoms with Crippen LogP contribution < -0.4 is 5.32 Å². The van der Waals surface area contributed by atoms with Crippen LogP contribution in [0.25, 0.3) is 0 Å². The minimum atomic E-state index is -3.65. The van der Waals surface area contributed by atoms with Gasteiger partial charge in [-0.3, -0.25) is 9.59 Å². The van der Waals surface area contributed by atoms with Crippen molar-refractivity contribution in [3.8, 4) is 0 Å². The molecule has 0 spiro atoms. The summed E-state index contributed by atoms with van der Waals surface area (Å²) < 4.78 is 26.0. The number of carbonyl (C=O) groups is 2. The standard InChI is InChI=1S/C19H26N2O4S2/c1-14(12-19(23)21-9-4-2-3-5-10-21)27(24,25)15-6-7-17-16(13-15)20-18(22)8-11-26-17/h6-7,13-14H,2-5,8-12H2,1H3,(H,20,22). The van der Waals surface area contributed by atoms with Gasteiger partial charge in [-0.2, -0.15) is 0 Å². The molecule has 1 unspecified atom stereocenters. The average Bonchev–Trinajstić information content (AvgIpc) is 3.00. The van der Waals surface area contributed by atoms with Crippen LogP contribution >= 0.6 is 11.8 Å². The lowest BCUT2D eigenvalue weighted by Crippen LogP contribution is -2.35. The van der Waals surface area contributed by atoms with Crippen LogP contribution in [-0.2, 0) is 19.4 Å². The molecular formula is C19H26N2O4S2. The van der Waals surface area contributed by atoms with Gasteiger partial charge < -0.3 is 10.2 Å². The van der Waals surface area contributed by atoms with E-state index in [2.05, 4.69) is 5.32 Å². The van der Waals surface area contributed by atoms with Crippen molar-refractivity contribution in [1.29, 1.82) is 0 Å². The largest absolute Gasteiger partial charge is 0.343 e. The summed E-state index contributed by atoms with van der Waals surface area (Å²) in [6.07, 6.45) is 4.60. The number of hydrogen-bond acceptors (Lipinski definition) is 5. The fourth-order valence-corrected chi connectivity index (χ4v) is 5.72. The van der Waals surface area contributed by atoms with E-state index in [4.69, 9.17) is 0 Å². The predicted molar refractivity (Wildman–Crippen MR) is 107 cm³/mol. The van der Waals surface area contributed by atoms with E-state index in [1.54, 1.807) is 24.0 Å². The zero-order valence-corrected chi connectivity index (χ0v) is 17.2. The van der Waals surface area contributed by atoms with E-state index < -0.39 is 15.1 Å². The Morgan fingerprint density at radius 2 is 1.93 bits per heavy atom. The topological polar surface area (TPSA) is 83.6 Å². The molecule has 2 amide bonds. The molecule has 1 atom stereocenters. The quantitative estimate of drug-likeness (QED) is 0.825. The van der Waals surface area contributed by atoms with E-state index in [0.717, 1.165) is 30.6 Å². The summed E-state index contributed by atoms with van der Waals surface area (Å²) in [4.78, 5) is 27.1. The van der Waals surface area contributed by atoms with Gasteiger partial charge in [0.05, 0.1) is 15.8 Å². The molecule has 8 heteroatoms. The summed E-state index contributed by atoms with van der Waals surface area (Å²) >= 11 is 1.53. The Balaban J connectivity index is 1.75. The number of fused-ring (bicyclic) bond motifs is 1. The Labute approximate surface area is 165 Å². The molecule has 2 aliphatic rings. The first kappa shape index (κ1) is 20.2. The predicted octanol–water partition coefficient (Wildman–Crippen LogP) is 3.08. The van der Waals surface area contributed by atoms with Gasteiger partial charge in [-0.1, -0.05) is 12.8 Å². The van der Waals surface area contributed by atoms with Crippen LogP contribution in [0.4, 0.5) is 5.69 Å². The van der Waals surface area contributed by atoms with Crippen molar-refractivity contribution in [2.24, 2.45) is 0 Å². The second-order valence-electron chi connectivity index (χ2n) is 7.16. The normalized spacial score (nSPS) is 19.4. The van der Waals surface area contributed by atoms with Crippen molar-refractivity contribution in [2.45, 2.75) is 60.5 Å². The van der Waals surface area contributed by atoms with Crippen molar-refractivity contribution < 1.29 is 18.0 Å². The van der Waals surface area contributed by atoms with Gasteiger partial charge in [-0.25, -0.2) is 8.42 Å². The zero-order chi connectivity index (χ0) is 19.4. The summed E-state index contributed by atoms with van der Waals surface area (Å²) in [5, 5.41) is 1.97. The Morgan fingerprint density at radius 3 is 2.63 bits per heavy atom. The molecule has 1 aromatic carbocycles. The van der Waals surface area contributed by atoms with Gasteiger partial charge in [0.2, 0.25) is 11.8 Å². The van der Waals surface area contributed by atoms with Crippen LogP contribution in [0, 0.1) is 0 Å². The number of carbonyl (C=O) groups excluding carboxylic acids is 2. The monoisotopic (exact) mass is 410 g/mol. The minimum Gasteiger partial charge on any atom is -0.343 e. The van der Waals surface area contributed by atoms with Crippen LogP contribution in [0.3, 0.4) is 0 Å². The van der Waals surface area contributed by atoms with Crippen molar-refractivity contribution in [3.05, 3.63) is 18.2 Å². The van der Waals surface area contributed by atoms with Gasteiger partial charge in [-0.15, -0.1) is 11.8 Å². The van der Waals surface area contributed by atoms with E-state index in [0.29, 0.717) is 31.0 Å². The molecule has 0 aliphatic carbocycles. The summed E-state index contributed by atoms with van der Waals surface area (Å²) in [6.45, 7) is 3.02. The highest BCUT2D eigenvalue weighted by Crippen LogP contribution is 2.33. The van der Waals surface area contributed by atoms with Crippen LogP contribution in [-0.4, -0.2) is 49.2 Å². The number of sulfone groups is 1. The van der Waals surface area contributed by atoms with E-state index in [1.807, 2.05) is 0 Å². The third-order valence-electron chi connectivity index (χ3n) is 5.09. The zero-order valence-electron chi connectivity index (χ0n) is 15.6. The lowest BCUT2D eigenvalue weighted by atomic mass is 10.2. The van der Waals surface area contributed by atoms with Gasteiger partial charge >= 0.3 is 0 Å². The summed E-state index contributed by atoms with van der Waals surface area (Å²) in [5.41, 5.74) is 0.537. The van der Waals surface area contributed by atoms with Crippen molar-refractivity contribution in [1.82, 2.24) is 4.90 Å². The highest BCUT2D eigenvalue weighted by atomic mass is 32.2. The molecule has 2 aliphatic heterocycles. The molecule has 0 aromatic heterocycles. The fourth-order valence-electron chi connectivity index (χ4n) is 3.41. The second-order valence-corrected chi connectivity index (χ2v) is 10.7. The fraction of sp³-hybridized carbons (Fsp3) is 0.579. The van der Waals surface area contributed by atoms with Gasteiger partial charge in [0.15, 0.2) is 9.84 Å². The Hall–Kier alpha value is -1.54. The van der Waals surface area contributed by atoms with E-state index in [9.17, 15) is 18.0 Å². The van der Waals surface area contributed by atoms with Crippen LogP contribution in [0.5, 0.6) is 0 Å². The minimum absolute atomic E-state index is 0.0134. The average molecular weight is 411 g/mol. The molecule has 1 fully saturated rings. The first-order valence-electron chi connectivity index (χ1n) is 9.46. The van der Waals surface area contributed by atoms with E-state index in [1.165, 1.54) is 17.8 Å². The van der Waals surface area contributed by atoms with Crippen molar-refractivity contribution in [3.63, 3.8) is 0 Å². The summed E-state index contributed by atoms with van der Waals surface area (Å²) in [6, 6.07) is 4.83. The van der Waals surface area contributed by atoms with Crippen molar-refractivity contribution in [2.75, 3.05) is 24.2 Å². The molecule has 3 rings (SSSR count). The van der Waals surface area contributed by atoms with Gasteiger partial charge in [0, 0.05) is 36.6 Å². The number of likely N-dealkylation sites (tertiary alicyclic amines) is 1. The lowest BCUT2D eigenvalue weighted by Gasteiger charge is -2.22. The number of amides is 2. The van der Waals surface area contributed by atoms with Crippen molar-refractivity contribution >= 4 is 39.1 Å². The molecule has 148 valence electrons.